The van der Waals surface area contributed by atoms with E-state index in [2.05, 4.69) is 137 Å². The number of allylic oxidation sites excluding steroid dienone is 5. The lowest BCUT2D eigenvalue weighted by Crippen LogP contribution is -2.33. The minimum Gasteiger partial charge on any atom is -0.726 e. The average molecular weight is 593 g/mol. The third-order valence-corrected chi connectivity index (χ3v) is 11.9. The van der Waals surface area contributed by atoms with Gasteiger partial charge in [0.2, 0.25) is 10.4 Å². The van der Waals surface area contributed by atoms with Crippen molar-refractivity contribution in [1.29, 1.82) is 0 Å². The van der Waals surface area contributed by atoms with E-state index in [4.69, 9.17) is 22.3 Å². The molecule has 3 aromatic carbocycles. The first-order chi connectivity index (χ1) is 19.4. The molecule has 0 amide bonds. The van der Waals surface area contributed by atoms with Gasteiger partial charge in [0.05, 0.1) is 12.3 Å². The molecule has 0 radical (unpaired) electrons. The highest BCUT2D eigenvalue weighted by atomic mass is 32.3. The summed E-state index contributed by atoms with van der Waals surface area (Å²) in [6.07, 6.45) is 10.5. The number of methoxy groups -OCH3 is 1. The standard InChI is InChI=1S/C34H40OP.H2O4S/c1-27(21-22-33-28(2)25-29(35-5)26-34(33,3)4)23-24-36(30-15-9-6-10-16-30,31-17-11-7-12-18-31)32-19-13-8-14-20-32;1-5(2,3)4/h6-23,29H,24-26H2,1-5H3;(H2,1,2,3,4)/q+1;/p-1. The largest absolute Gasteiger partial charge is 0.726 e. The van der Waals surface area contributed by atoms with E-state index in [0.29, 0.717) is 6.10 Å². The van der Waals surface area contributed by atoms with Crippen LogP contribution in [-0.2, 0) is 15.1 Å². The minimum absolute atomic E-state index is 0.120. The quantitative estimate of drug-likeness (QED) is 0.137. The second kappa shape index (κ2) is 14.4. The fourth-order valence-electron chi connectivity index (χ4n) is 5.69. The number of ether oxygens (including phenoxy) is 1. The first-order valence-electron chi connectivity index (χ1n) is 13.7. The Morgan fingerprint density at radius 3 is 1.73 bits per heavy atom. The van der Waals surface area contributed by atoms with Crippen molar-refractivity contribution in [2.24, 2.45) is 5.41 Å². The molecule has 4 rings (SSSR count). The lowest BCUT2D eigenvalue weighted by molar-refractivity contribution is 0.0627. The van der Waals surface area contributed by atoms with Crippen molar-refractivity contribution in [2.75, 3.05) is 13.3 Å². The zero-order valence-corrected chi connectivity index (χ0v) is 26.2. The maximum absolute atomic E-state index is 8.63. The predicted molar refractivity (Wildman–Crippen MR) is 172 cm³/mol. The molecule has 0 bridgehead atoms. The van der Waals surface area contributed by atoms with Gasteiger partial charge in [0, 0.05) is 7.11 Å². The van der Waals surface area contributed by atoms with Crippen molar-refractivity contribution in [1.82, 2.24) is 0 Å². The first-order valence-corrected chi connectivity index (χ1v) is 17.0. The molecule has 3 aromatic rings. The summed E-state index contributed by atoms with van der Waals surface area (Å²) >= 11 is 0. The highest BCUT2D eigenvalue weighted by Crippen LogP contribution is 2.55. The molecule has 7 heteroatoms. The maximum atomic E-state index is 8.63. The van der Waals surface area contributed by atoms with E-state index in [9.17, 15) is 0 Å². The average Bonchev–Trinajstić information content (AvgIpc) is 2.93. The van der Waals surface area contributed by atoms with Gasteiger partial charge in [-0.3, -0.25) is 4.55 Å². The summed E-state index contributed by atoms with van der Waals surface area (Å²) in [6, 6.07) is 33.3. The van der Waals surface area contributed by atoms with Crippen molar-refractivity contribution < 1.29 is 22.3 Å². The molecule has 0 fully saturated rings. The summed E-state index contributed by atoms with van der Waals surface area (Å²) in [5, 5.41) is 4.27. The Kier molecular flexibility index (Phi) is 11.4. The lowest BCUT2D eigenvalue weighted by Gasteiger charge is -2.37. The fourth-order valence-corrected chi connectivity index (χ4v) is 9.82. The van der Waals surface area contributed by atoms with Gasteiger partial charge in [0.15, 0.2) is 0 Å². The second-order valence-corrected chi connectivity index (χ2v) is 15.4. The van der Waals surface area contributed by atoms with Gasteiger partial charge in [0.25, 0.3) is 0 Å². The summed E-state index contributed by atoms with van der Waals surface area (Å²) < 4.78 is 38.5. The van der Waals surface area contributed by atoms with Crippen LogP contribution in [0.3, 0.4) is 0 Å². The minimum atomic E-state index is -4.92. The van der Waals surface area contributed by atoms with Crippen LogP contribution in [0.25, 0.3) is 0 Å². The summed E-state index contributed by atoms with van der Waals surface area (Å²) in [5.74, 6) is 0. The number of rotatable bonds is 8. The van der Waals surface area contributed by atoms with Gasteiger partial charge in [-0.1, -0.05) is 91.7 Å². The zero-order valence-electron chi connectivity index (χ0n) is 24.5. The summed E-state index contributed by atoms with van der Waals surface area (Å²) in [5.41, 5.74) is 4.34. The summed E-state index contributed by atoms with van der Waals surface area (Å²) in [6.45, 7) is 9.20. The molecule has 5 nitrogen and oxygen atoms in total. The van der Waals surface area contributed by atoms with Crippen LogP contribution < -0.4 is 15.9 Å². The van der Waals surface area contributed by atoms with Gasteiger partial charge < -0.3 is 9.29 Å². The number of benzene rings is 3. The van der Waals surface area contributed by atoms with E-state index in [1.807, 2.05) is 7.11 Å². The van der Waals surface area contributed by atoms with Crippen LogP contribution in [0.15, 0.2) is 126 Å². The van der Waals surface area contributed by atoms with Gasteiger partial charge in [-0.2, -0.15) is 0 Å². The molecule has 1 aliphatic rings. The van der Waals surface area contributed by atoms with Crippen LogP contribution >= 0.6 is 7.26 Å². The molecule has 41 heavy (non-hydrogen) atoms. The monoisotopic (exact) mass is 592 g/mol. The Balaban J connectivity index is 0.000000850. The molecule has 0 aliphatic heterocycles. The van der Waals surface area contributed by atoms with E-state index >= 15 is 0 Å². The van der Waals surface area contributed by atoms with Gasteiger partial charge >= 0.3 is 0 Å². The molecule has 218 valence electrons. The van der Waals surface area contributed by atoms with Crippen molar-refractivity contribution in [3.63, 3.8) is 0 Å². The van der Waals surface area contributed by atoms with E-state index in [0.717, 1.165) is 19.0 Å². The Labute approximate surface area is 246 Å². The molecule has 0 spiro atoms. The third-order valence-electron chi connectivity index (χ3n) is 7.59. The number of hydrogen-bond donors (Lipinski definition) is 1. The van der Waals surface area contributed by atoms with E-state index in [1.165, 1.54) is 32.6 Å². The van der Waals surface area contributed by atoms with Gasteiger partial charge in [-0.25, -0.2) is 8.42 Å². The molecule has 1 aliphatic carbocycles. The molecule has 0 saturated carbocycles. The van der Waals surface area contributed by atoms with Crippen LogP contribution in [-0.4, -0.2) is 36.9 Å². The van der Waals surface area contributed by atoms with E-state index < -0.39 is 17.7 Å². The van der Waals surface area contributed by atoms with Crippen molar-refractivity contribution in [3.05, 3.63) is 126 Å². The normalized spacial score (nSPS) is 17.7. The van der Waals surface area contributed by atoms with Gasteiger partial charge in [-0.15, -0.1) is 0 Å². The smallest absolute Gasteiger partial charge is 0.215 e. The van der Waals surface area contributed by atoms with Gasteiger partial charge in [-0.05, 0) is 80.2 Å². The molecular weight excluding hydrogens is 551 g/mol. The van der Waals surface area contributed by atoms with Crippen LogP contribution in [0.2, 0.25) is 0 Å². The molecular formula is C34H41O5PS. The first kappa shape index (κ1) is 32.7. The fraction of sp³-hybridized carbons (Fsp3) is 0.294. The number of hydrogen-bond acceptors (Lipinski definition) is 4. The third kappa shape index (κ3) is 9.06. The second-order valence-electron chi connectivity index (χ2n) is 11.1. The van der Waals surface area contributed by atoms with Crippen LogP contribution in [0.4, 0.5) is 0 Å². The van der Waals surface area contributed by atoms with Crippen LogP contribution in [0.1, 0.15) is 40.5 Å². The molecule has 1 atom stereocenters. The van der Waals surface area contributed by atoms with E-state index in [1.54, 1.807) is 0 Å². The zero-order chi connectivity index (χ0) is 30.1. The van der Waals surface area contributed by atoms with E-state index in [-0.39, 0.29) is 5.41 Å². The predicted octanol–water partition coefficient (Wildman–Crippen LogP) is 6.64. The van der Waals surface area contributed by atoms with Crippen molar-refractivity contribution in [3.8, 4) is 0 Å². The lowest BCUT2D eigenvalue weighted by atomic mass is 9.71. The Morgan fingerprint density at radius 2 is 1.37 bits per heavy atom. The Morgan fingerprint density at radius 1 is 0.951 bits per heavy atom. The summed E-state index contributed by atoms with van der Waals surface area (Å²) in [7, 11) is -4.93. The maximum Gasteiger partial charge on any atom is 0.215 e. The highest BCUT2D eigenvalue weighted by molar-refractivity contribution is 7.95. The molecule has 0 saturated heterocycles. The highest BCUT2D eigenvalue weighted by Gasteiger charge is 2.44. The molecule has 0 heterocycles. The van der Waals surface area contributed by atoms with Gasteiger partial charge in [0.1, 0.15) is 23.2 Å². The van der Waals surface area contributed by atoms with Crippen molar-refractivity contribution in [2.45, 2.75) is 46.6 Å². The molecule has 1 unspecified atom stereocenters. The molecule has 0 aromatic heterocycles. The topological polar surface area (TPSA) is 86.7 Å². The summed E-state index contributed by atoms with van der Waals surface area (Å²) in [4.78, 5) is 0. The SMILES string of the molecule is COC1CC(C)=C(C=CC(C)=CC[P+](c2ccccc2)(c2ccccc2)c2ccccc2)C(C)(C)C1.O=S(=O)([O-])O. The Bertz CT molecular complexity index is 1360. The Hall–Kier alpha value is -2.86. The van der Waals surface area contributed by atoms with Crippen molar-refractivity contribution >= 4 is 33.6 Å². The van der Waals surface area contributed by atoms with Crippen LogP contribution in [0, 0.1) is 5.41 Å². The van der Waals surface area contributed by atoms with Crippen LogP contribution in [0.5, 0.6) is 0 Å². The molecule has 1 N–H and O–H groups in total.